The van der Waals surface area contributed by atoms with Crippen molar-refractivity contribution in [2.24, 2.45) is 0 Å². The number of rotatable bonds is 1. The van der Waals surface area contributed by atoms with Crippen LogP contribution in [0.15, 0.2) is 11.1 Å². The van der Waals surface area contributed by atoms with Gasteiger partial charge in [-0.1, -0.05) is 6.08 Å². The quantitative estimate of drug-likeness (QED) is 0.580. The van der Waals surface area contributed by atoms with Gasteiger partial charge in [-0.25, -0.2) is 0 Å². The summed E-state index contributed by atoms with van der Waals surface area (Å²) in [5.41, 5.74) is 0. The Morgan fingerprint density at radius 1 is 1.88 bits per heavy atom. The van der Waals surface area contributed by atoms with Crippen LogP contribution in [-0.4, -0.2) is 23.1 Å². The molecule has 0 aromatic rings. The first kappa shape index (κ1) is 5.98. The normalized spacial score (nSPS) is 19.2. The van der Waals surface area contributed by atoms with E-state index >= 15 is 0 Å². The molecule has 0 spiro atoms. The predicted molar refractivity (Wildman–Crippen MR) is 34.7 cm³/mol. The van der Waals surface area contributed by atoms with Crippen molar-refractivity contribution in [2.75, 3.05) is 12.8 Å². The van der Waals surface area contributed by atoms with E-state index in [9.17, 15) is 0 Å². The molecule has 0 fully saturated rings. The average Bonchev–Trinajstić information content (AvgIpc) is 2.14. The zero-order valence-electron chi connectivity index (χ0n) is 4.79. The molecule has 0 aliphatic carbocycles. The van der Waals surface area contributed by atoms with Crippen molar-refractivity contribution < 1.29 is 5.21 Å². The van der Waals surface area contributed by atoms with Crippen LogP contribution in [0.5, 0.6) is 0 Å². The third kappa shape index (κ3) is 0.980. The van der Waals surface area contributed by atoms with Crippen LogP contribution in [0.4, 0.5) is 0 Å². The van der Waals surface area contributed by atoms with Crippen molar-refractivity contribution in [3.63, 3.8) is 0 Å². The summed E-state index contributed by atoms with van der Waals surface area (Å²) in [6, 6.07) is 0. The third-order valence-electron chi connectivity index (χ3n) is 1.12. The van der Waals surface area contributed by atoms with Gasteiger partial charge >= 0.3 is 0 Å². The Bertz CT molecular complexity index is 113. The van der Waals surface area contributed by atoms with Crippen molar-refractivity contribution in [2.45, 2.75) is 6.42 Å². The predicted octanol–water partition coefficient (Wildman–Crippen LogP) is 1.29. The molecule has 8 heavy (non-hydrogen) atoms. The number of hydrogen-bond acceptors (Lipinski definition) is 3. The fourth-order valence-corrected chi connectivity index (χ4v) is 1.30. The van der Waals surface area contributed by atoms with Crippen molar-refractivity contribution in [3.05, 3.63) is 11.1 Å². The van der Waals surface area contributed by atoms with Crippen LogP contribution in [0.1, 0.15) is 6.42 Å². The van der Waals surface area contributed by atoms with E-state index in [2.05, 4.69) is 0 Å². The molecule has 2 nitrogen and oxygen atoms in total. The van der Waals surface area contributed by atoms with Crippen LogP contribution < -0.4 is 0 Å². The standard InChI is InChI=1S/C5H9NOS/c1-8-5-3-2-4-6(5)7/h3,7H,2,4H2,1H3. The number of nitrogens with zero attached hydrogens (tertiary/aromatic N) is 1. The monoisotopic (exact) mass is 131 g/mol. The van der Waals surface area contributed by atoms with Gasteiger partial charge in [-0.05, 0) is 12.7 Å². The molecular formula is C5H9NOS. The van der Waals surface area contributed by atoms with Gasteiger partial charge in [0.2, 0.25) is 0 Å². The minimum atomic E-state index is 0.760. The molecule has 0 saturated heterocycles. The highest BCUT2D eigenvalue weighted by atomic mass is 32.2. The largest absolute Gasteiger partial charge is 0.288 e. The van der Waals surface area contributed by atoms with Crippen LogP contribution in [-0.2, 0) is 0 Å². The minimum Gasteiger partial charge on any atom is -0.288 e. The second-order valence-electron chi connectivity index (χ2n) is 1.66. The Balaban J connectivity index is 2.49. The lowest BCUT2D eigenvalue weighted by Gasteiger charge is -2.09. The van der Waals surface area contributed by atoms with Gasteiger partial charge in [0.15, 0.2) is 0 Å². The maximum Gasteiger partial charge on any atom is 0.0922 e. The third-order valence-corrected chi connectivity index (χ3v) is 1.92. The molecule has 1 heterocycles. The Morgan fingerprint density at radius 2 is 2.62 bits per heavy atom. The maximum atomic E-state index is 8.93. The van der Waals surface area contributed by atoms with Crippen LogP contribution >= 0.6 is 11.8 Å². The summed E-state index contributed by atoms with van der Waals surface area (Å²) < 4.78 is 0. The zero-order chi connectivity index (χ0) is 5.98. The Labute approximate surface area is 53.1 Å². The molecule has 0 amide bonds. The van der Waals surface area contributed by atoms with Crippen LogP contribution in [0.25, 0.3) is 0 Å². The first-order valence-electron chi connectivity index (χ1n) is 2.55. The van der Waals surface area contributed by atoms with E-state index in [-0.39, 0.29) is 0 Å². The van der Waals surface area contributed by atoms with Gasteiger partial charge in [-0.15, -0.1) is 11.8 Å². The van der Waals surface area contributed by atoms with Gasteiger partial charge in [0.25, 0.3) is 0 Å². The van der Waals surface area contributed by atoms with Crippen molar-refractivity contribution in [1.29, 1.82) is 0 Å². The molecule has 1 aliphatic rings. The smallest absolute Gasteiger partial charge is 0.0922 e. The lowest BCUT2D eigenvalue weighted by Crippen LogP contribution is -2.11. The molecule has 0 atom stereocenters. The van der Waals surface area contributed by atoms with Crippen LogP contribution in [0, 0.1) is 0 Å². The highest BCUT2D eigenvalue weighted by Gasteiger charge is 2.09. The Hall–Kier alpha value is -0.150. The summed E-state index contributed by atoms with van der Waals surface area (Å²) in [5, 5.41) is 11.2. The minimum absolute atomic E-state index is 0.760. The van der Waals surface area contributed by atoms with Gasteiger partial charge in [-0.3, -0.25) is 10.3 Å². The first-order valence-corrected chi connectivity index (χ1v) is 3.77. The van der Waals surface area contributed by atoms with Gasteiger partial charge in [0, 0.05) is 6.54 Å². The molecule has 1 rings (SSSR count). The van der Waals surface area contributed by atoms with Crippen molar-refractivity contribution in [3.8, 4) is 0 Å². The van der Waals surface area contributed by atoms with Crippen LogP contribution in [0.2, 0.25) is 0 Å². The maximum absolute atomic E-state index is 8.93. The Kier molecular flexibility index (Phi) is 1.81. The summed E-state index contributed by atoms with van der Waals surface area (Å²) >= 11 is 1.58. The molecular weight excluding hydrogens is 122 g/mol. The molecule has 0 bridgehead atoms. The first-order chi connectivity index (χ1) is 3.84. The van der Waals surface area contributed by atoms with Crippen molar-refractivity contribution in [1.82, 2.24) is 5.06 Å². The number of hydrogen-bond donors (Lipinski definition) is 1. The highest BCUT2D eigenvalue weighted by molar-refractivity contribution is 8.02. The summed E-state index contributed by atoms with van der Waals surface area (Å²) in [7, 11) is 0. The lowest BCUT2D eigenvalue weighted by atomic mass is 10.5. The topological polar surface area (TPSA) is 23.5 Å². The molecule has 1 N–H and O–H groups in total. The SMILES string of the molecule is CSC1=CCCN1O. The van der Waals surface area contributed by atoms with E-state index in [0.29, 0.717) is 0 Å². The summed E-state index contributed by atoms with van der Waals surface area (Å²) in [6.07, 6.45) is 4.97. The molecule has 0 aromatic heterocycles. The summed E-state index contributed by atoms with van der Waals surface area (Å²) in [6.45, 7) is 0.760. The van der Waals surface area contributed by atoms with Crippen molar-refractivity contribution >= 4 is 11.8 Å². The van der Waals surface area contributed by atoms with E-state index in [1.54, 1.807) is 11.8 Å². The van der Waals surface area contributed by atoms with E-state index < -0.39 is 0 Å². The molecule has 0 aromatic carbocycles. The second-order valence-corrected chi connectivity index (χ2v) is 2.48. The molecule has 3 heteroatoms. The molecule has 1 aliphatic heterocycles. The average molecular weight is 131 g/mol. The van der Waals surface area contributed by atoms with Crippen LogP contribution in [0.3, 0.4) is 0 Å². The number of hydroxylamine groups is 2. The molecule has 0 saturated carbocycles. The molecule has 46 valence electrons. The lowest BCUT2D eigenvalue weighted by molar-refractivity contribution is -0.0351. The second kappa shape index (κ2) is 2.42. The molecule has 0 unspecified atom stereocenters. The van der Waals surface area contributed by atoms with Gasteiger partial charge in [0.05, 0.1) is 5.03 Å². The number of thioether (sulfide) groups is 1. The van der Waals surface area contributed by atoms with Gasteiger partial charge < -0.3 is 0 Å². The summed E-state index contributed by atoms with van der Waals surface area (Å²) in [5.74, 6) is 0. The van der Waals surface area contributed by atoms with E-state index in [1.165, 1.54) is 5.06 Å². The fourth-order valence-electron chi connectivity index (χ4n) is 0.715. The van der Waals surface area contributed by atoms with Gasteiger partial charge in [-0.2, -0.15) is 0 Å². The fraction of sp³-hybridized carbons (Fsp3) is 0.600. The van der Waals surface area contributed by atoms with E-state index in [1.807, 2.05) is 12.3 Å². The van der Waals surface area contributed by atoms with E-state index in [4.69, 9.17) is 5.21 Å². The van der Waals surface area contributed by atoms with E-state index in [0.717, 1.165) is 18.0 Å². The zero-order valence-corrected chi connectivity index (χ0v) is 5.61. The Morgan fingerprint density at radius 3 is 2.88 bits per heavy atom. The molecule has 0 radical (unpaired) electrons. The van der Waals surface area contributed by atoms with Gasteiger partial charge in [0.1, 0.15) is 0 Å². The summed E-state index contributed by atoms with van der Waals surface area (Å²) in [4.78, 5) is 0. The highest BCUT2D eigenvalue weighted by Crippen LogP contribution is 2.20.